The van der Waals surface area contributed by atoms with Crippen LogP contribution in [0, 0.1) is 0 Å². The van der Waals surface area contributed by atoms with Crippen LogP contribution in [0.1, 0.15) is 25.0 Å². The third-order valence-corrected chi connectivity index (χ3v) is 6.05. The Morgan fingerprint density at radius 2 is 1.59 bits per heavy atom. The van der Waals surface area contributed by atoms with E-state index in [9.17, 15) is 0 Å². The topological polar surface area (TPSA) is 26.3 Å². The van der Waals surface area contributed by atoms with Crippen molar-refractivity contribution in [3.8, 4) is 0 Å². The van der Waals surface area contributed by atoms with Gasteiger partial charge >= 0.3 is 0 Å². The monoisotopic (exact) mass is 372 g/mol. The molecule has 4 aromatic carbocycles. The van der Waals surface area contributed by atoms with Gasteiger partial charge in [0.05, 0.1) is 0 Å². The highest BCUT2D eigenvalue weighted by molar-refractivity contribution is 7.15. The molecular weight excluding hydrogens is 351 g/mol. The van der Waals surface area contributed by atoms with Crippen molar-refractivity contribution in [1.82, 2.24) is 0 Å². The van der Waals surface area contributed by atoms with Gasteiger partial charge in [0, 0.05) is 10.8 Å². The first-order valence-electron chi connectivity index (χ1n) is 9.49. The largest absolute Gasteiger partial charge is 0.421 e. The average molecular weight is 372 g/mol. The van der Waals surface area contributed by atoms with E-state index < -0.39 is 0 Å². The molecule has 0 spiro atoms. The Kier molecular flexibility index (Phi) is 3.95. The summed E-state index contributed by atoms with van der Waals surface area (Å²) in [5.74, 6) is 0. The van der Waals surface area contributed by atoms with Gasteiger partial charge in [-0.25, -0.2) is 0 Å². The van der Waals surface area contributed by atoms with Crippen molar-refractivity contribution in [3.63, 3.8) is 0 Å². The van der Waals surface area contributed by atoms with Crippen LogP contribution in [-0.2, 0) is 12.8 Å². The number of aryl methyl sites for hydroxylation is 2. The molecule has 5 rings (SSSR count). The van der Waals surface area contributed by atoms with E-state index in [-0.39, 0.29) is 8.67 Å². The van der Waals surface area contributed by atoms with E-state index in [4.69, 9.17) is 8.39 Å². The quantitative estimate of drug-likeness (QED) is 0.316. The zero-order valence-electron chi connectivity index (χ0n) is 15.5. The lowest BCUT2D eigenvalue weighted by atomic mass is 9.94. The fourth-order valence-electron chi connectivity index (χ4n) is 4.03. The lowest BCUT2D eigenvalue weighted by molar-refractivity contribution is 0.660. The lowest BCUT2D eigenvalue weighted by Crippen LogP contribution is -1.88. The predicted molar refractivity (Wildman–Crippen MR) is 117 cm³/mol. The molecule has 0 amide bonds. The molecule has 0 aliphatic heterocycles. The zero-order valence-corrected chi connectivity index (χ0v) is 16.5. The third kappa shape index (κ3) is 2.56. The maximum atomic E-state index is 6.19. The summed E-state index contributed by atoms with van der Waals surface area (Å²) in [6.07, 6.45) is 1.94. The minimum atomic E-state index is -0.0320. The number of hydrogen-bond donors (Lipinski definition) is 0. The van der Waals surface area contributed by atoms with Gasteiger partial charge in [-0.1, -0.05) is 62.4 Å². The Hall–Kier alpha value is -2.70. The summed E-state index contributed by atoms with van der Waals surface area (Å²) in [5, 5.41) is 7.27. The molecule has 5 aromatic rings. The Bertz CT molecular complexity index is 1350. The Balaban J connectivity index is 2.18. The predicted octanol–water partition coefficient (Wildman–Crippen LogP) is 7.77. The van der Waals surface area contributed by atoms with Crippen LogP contribution in [0.4, 0.5) is 0 Å². The van der Waals surface area contributed by atoms with Crippen molar-refractivity contribution in [1.29, 1.82) is 0 Å². The van der Waals surface area contributed by atoms with Gasteiger partial charge in [-0.05, 0) is 57.6 Å². The highest BCUT2D eigenvalue weighted by Crippen LogP contribution is 2.39. The van der Waals surface area contributed by atoms with E-state index in [2.05, 4.69) is 74.5 Å². The first-order chi connectivity index (χ1) is 13.3. The lowest BCUT2D eigenvalue weighted by Gasteiger charge is -2.10. The number of fused-ring (bicyclic) bond motifs is 7. The highest BCUT2D eigenvalue weighted by atomic mass is 31.1. The van der Waals surface area contributed by atoms with Gasteiger partial charge in [-0.2, -0.15) is 0 Å². The summed E-state index contributed by atoms with van der Waals surface area (Å²) in [6, 6.07) is 21.8. The van der Waals surface area contributed by atoms with Crippen molar-refractivity contribution in [2.45, 2.75) is 26.7 Å². The summed E-state index contributed by atoms with van der Waals surface area (Å²) in [7, 11) is -0.0320. The summed E-state index contributed by atoms with van der Waals surface area (Å²) in [4.78, 5) is 0. The summed E-state index contributed by atoms with van der Waals surface area (Å²) in [5.41, 5.74) is 4.45. The molecule has 1 aromatic heterocycles. The van der Waals surface area contributed by atoms with Gasteiger partial charge in [0.15, 0.2) is 0 Å². The molecule has 0 aliphatic carbocycles. The minimum Gasteiger partial charge on any atom is -0.421 e. The van der Waals surface area contributed by atoms with Crippen molar-refractivity contribution in [3.05, 3.63) is 71.8 Å². The number of benzene rings is 4. The number of hydrogen-bond acceptors (Lipinski definition) is 2. The van der Waals surface area contributed by atoms with E-state index in [1.54, 1.807) is 0 Å². The molecule has 1 atom stereocenters. The molecule has 2 nitrogen and oxygen atoms in total. The van der Waals surface area contributed by atoms with Gasteiger partial charge in [0.25, 0.3) is 0 Å². The second-order valence-corrected chi connectivity index (χ2v) is 7.52. The fourth-order valence-corrected chi connectivity index (χ4v) is 4.65. The van der Waals surface area contributed by atoms with E-state index in [1.807, 2.05) is 0 Å². The second kappa shape index (κ2) is 6.48. The first-order valence-corrected chi connectivity index (χ1v) is 10.3. The maximum Gasteiger partial charge on any atom is 0.201 e. The minimum absolute atomic E-state index is 0.0320. The normalized spacial score (nSPS) is 11.9. The first kappa shape index (κ1) is 16.5. The van der Waals surface area contributed by atoms with Gasteiger partial charge < -0.3 is 8.39 Å². The van der Waals surface area contributed by atoms with Crippen LogP contribution in [0.15, 0.2) is 69.1 Å². The SMILES string of the molecule is CCc1ccc2cc(CC)c3o[pH]oc4ccc5ccccc5c4c3c2c1. The maximum absolute atomic E-state index is 6.19. The molecule has 134 valence electrons. The van der Waals surface area contributed by atoms with E-state index in [1.165, 1.54) is 38.1 Å². The third-order valence-electron chi connectivity index (χ3n) is 5.46. The number of rotatable bonds is 2. The van der Waals surface area contributed by atoms with Crippen molar-refractivity contribution < 1.29 is 8.39 Å². The molecular formula is C24H21O2P. The Morgan fingerprint density at radius 1 is 0.741 bits per heavy atom. The molecule has 27 heavy (non-hydrogen) atoms. The summed E-state index contributed by atoms with van der Waals surface area (Å²) >= 11 is 0. The van der Waals surface area contributed by atoms with E-state index >= 15 is 0 Å². The molecule has 0 radical (unpaired) electrons. The van der Waals surface area contributed by atoms with Crippen LogP contribution in [0.2, 0.25) is 0 Å². The van der Waals surface area contributed by atoms with Crippen molar-refractivity contribution in [2.75, 3.05) is 0 Å². The van der Waals surface area contributed by atoms with Gasteiger partial charge in [-0.15, -0.1) is 0 Å². The highest BCUT2D eigenvalue weighted by Gasteiger charge is 2.14. The van der Waals surface area contributed by atoms with Gasteiger partial charge in [0.1, 0.15) is 11.2 Å². The molecule has 0 aliphatic rings. The zero-order chi connectivity index (χ0) is 18.4. The van der Waals surface area contributed by atoms with E-state index in [0.29, 0.717) is 0 Å². The smallest absolute Gasteiger partial charge is 0.201 e. The van der Waals surface area contributed by atoms with Crippen LogP contribution in [0.25, 0.3) is 43.5 Å². The van der Waals surface area contributed by atoms with Crippen LogP contribution in [-0.4, -0.2) is 0 Å². The average Bonchev–Trinajstić information content (AvgIpc) is 2.93. The molecule has 3 heteroatoms. The van der Waals surface area contributed by atoms with Gasteiger partial charge in [-0.3, -0.25) is 0 Å². The van der Waals surface area contributed by atoms with E-state index in [0.717, 1.165) is 29.4 Å². The van der Waals surface area contributed by atoms with Crippen LogP contribution in [0.3, 0.4) is 0 Å². The molecule has 1 unspecified atom stereocenters. The molecule has 0 saturated carbocycles. The molecule has 0 N–H and O–H groups in total. The van der Waals surface area contributed by atoms with Crippen LogP contribution < -0.4 is 0 Å². The molecule has 0 saturated heterocycles. The molecule has 0 bridgehead atoms. The van der Waals surface area contributed by atoms with Gasteiger partial charge in [0.2, 0.25) is 8.67 Å². The Labute approximate surface area is 159 Å². The summed E-state index contributed by atoms with van der Waals surface area (Å²) < 4.78 is 12.2. The second-order valence-electron chi connectivity index (χ2n) is 6.95. The summed E-state index contributed by atoms with van der Waals surface area (Å²) in [6.45, 7) is 4.38. The van der Waals surface area contributed by atoms with Crippen LogP contribution in [0.5, 0.6) is 0 Å². The fraction of sp³-hybridized carbons (Fsp3) is 0.167. The van der Waals surface area contributed by atoms with Crippen molar-refractivity contribution >= 4 is 52.2 Å². The Morgan fingerprint density at radius 3 is 2.44 bits per heavy atom. The molecule has 1 heterocycles. The van der Waals surface area contributed by atoms with Crippen LogP contribution >= 0.6 is 8.67 Å². The molecule has 0 fully saturated rings. The van der Waals surface area contributed by atoms with Crippen molar-refractivity contribution in [2.24, 2.45) is 0 Å². The standard InChI is InChI=1S/C24H21O2P/c1-3-15-9-10-18-14-16(4-2)24-23(20(18)13-15)22-19-8-6-5-7-17(19)11-12-21(22)25-27-26-24/h5-14,27H,3-4H2,1-2H3.